The Morgan fingerprint density at radius 3 is 2.84 bits per heavy atom. The molecular formula is C22H23N5O3S. The monoisotopic (exact) mass is 437 g/mol. The first-order valence-corrected chi connectivity index (χ1v) is 11.5. The normalized spacial score (nSPS) is 18.0. The minimum Gasteiger partial charge on any atom is -0.497 e. The van der Waals surface area contributed by atoms with E-state index < -0.39 is 0 Å². The van der Waals surface area contributed by atoms with Gasteiger partial charge >= 0.3 is 0 Å². The lowest BCUT2D eigenvalue weighted by Gasteiger charge is -2.32. The van der Waals surface area contributed by atoms with Gasteiger partial charge in [-0.25, -0.2) is 0 Å². The lowest BCUT2D eigenvalue weighted by Crippen LogP contribution is -2.41. The Kier molecular flexibility index (Phi) is 5.50. The molecule has 0 bridgehead atoms. The topological polar surface area (TPSA) is 93.4 Å². The molecule has 0 spiro atoms. The summed E-state index contributed by atoms with van der Waals surface area (Å²) in [5.41, 5.74) is 3.74. The van der Waals surface area contributed by atoms with E-state index in [9.17, 15) is 4.79 Å². The number of hydrogen-bond acceptors (Lipinski definition) is 8. The minimum absolute atomic E-state index is 0.0247. The zero-order valence-corrected chi connectivity index (χ0v) is 18.0. The average Bonchev–Trinajstić information content (AvgIpc) is 3.44. The van der Waals surface area contributed by atoms with Crippen LogP contribution in [0.5, 0.6) is 5.75 Å². The van der Waals surface area contributed by atoms with Crippen molar-refractivity contribution in [2.24, 2.45) is 5.92 Å². The van der Waals surface area contributed by atoms with Gasteiger partial charge in [-0.3, -0.25) is 10.1 Å². The summed E-state index contributed by atoms with van der Waals surface area (Å²) < 4.78 is 10.5. The Labute approximate surface area is 184 Å². The molecule has 1 unspecified atom stereocenters. The molecule has 160 valence electrons. The molecule has 2 aliphatic rings. The number of piperidine rings is 1. The number of aromatic nitrogens is 3. The van der Waals surface area contributed by atoms with Crippen LogP contribution in [0.25, 0.3) is 11.3 Å². The fraction of sp³-hybridized carbons (Fsp3) is 0.364. The number of carbonyl (C=O) groups is 1. The van der Waals surface area contributed by atoms with Gasteiger partial charge in [-0.05, 0) is 49.2 Å². The molecule has 9 heteroatoms. The van der Waals surface area contributed by atoms with Gasteiger partial charge in [-0.15, -0.1) is 10.2 Å². The highest BCUT2D eigenvalue weighted by Gasteiger charge is 2.29. The Hall–Kier alpha value is -3.07. The number of rotatable bonds is 5. The third-order valence-corrected chi connectivity index (χ3v) is 6.71. The van der Waals surface area contributed by atoms with E-state index in [2.05, 4.69) is 25.6 Å². The lowest BCUT2D eigenvalue weighted by atomic mass is 9.97. The molecule has 2 aliphatic heterocycles. The number of ether oxygens (including phenoxy) is 1. The van der Waals surface area contributed by atoms with Crippen molar-refractivity contribution in [1.82, 2.24) is 15.4 Å². The maximum atomic E-state index is 12.9. The van der Waals surface area contributed by atoms with Crippen LogP contribution in [0.3, 0.4) is 0 Å². The van der Waals surface area contributed by atoms with Crippen molar-refractivity contribution >= 4 is 29.4 Å². The molecule has 1 fully saturated rings. The van der Waals surface area contributed by atoms with E-state index in [0.717, 1.165) is 65.0 Å². The zero-order chi connectivity index (χ0) is 21.2. The Morgan fingerprint density at radius 1 is 1.19 bits per heavy atom. The SMILES string of the molecule is COc1ccc(-c2ccc(N3CCCC(C(=O)Nc4onc5c4CSC5)C3)nn2)cc1. The number of carbonyl (C=O) groups excluding carboxylic acids is 1. The number of nitrogens with zero attached hydrogens (tertiary/aromatic N) is 4. The molecule has 2 aromatic heterocycles. The van der Waals surface area contributed by atoms with Gasteiger partial charge in [0.15, 0.2) is 5.82 Å². The van der Waals surface area contributed by atoms with Crippen molar-refractivity contribution in [3.8, 4) is 17.0 Å². The molecular weight excluding hydrogens is 414 g/mol. The smallest absolute Gasteiger partial charge is 0.235 e. The van der Waals surface area contributed by atoms with Gasteiger partial charge in [-0.1, -0.05) is 5.16 Å². The fourth-order valence-electron chi connectivity index (χ4n) is 3.98. The molecule has 0 saturated carbocycles. The van der Waals surface area contributed by atoms with Crippen LogP contribution in [0.4, 0.5) is 11.7 Å². The summed E-state index contributed by atoms with van der Waals surface area (Å²) in [6, 6.07) is 11.7. The summed E-state index contributed by atoms with van der Waals surface area (Å²) in [4.78, 5) is 15.0. The van der Waals surface area contributed by atoms with Gasteiger partial charge in [0.1, 0.15) is 5.75 Å². The number of hydrogen-bond donors (Lipinski definition) is 1. The highest BCUT2D eigenvalue weighted by Crippen LogP contribution is 2.35. The van der Waals surface area contributed by atoms with Crippen molar-refractivity contribution in [1.29, 1.82) is 0 Å². The number of thioether (sulfide) groups is 1. The van der Waals surface area contributed by atoms with Crippen molar-refractivity contribution in [3.05, 3.63) is 47.7 Å². The molecule has 1 aromatic carbocycles. The number of amides is 1. The largest absolute Gasteiger partial charge is 0.497 e. The van der Waals surface area contributed by atoms with Crippen LogP contribution >= 0.6 is 11.8 Å². The summed E-state index contributed by atoms with van der Waals surface area (Å²) >= 11 is 1.78. The molecule has 31 heavy (non-hydrogen) atoms. The van der Waals surface area contributed by atoms with Gasteiger partial charge in [0, 0.05) is 30.2 Å². The van der Waals surface area contributed by atoms with Crippen molar-refractivity contribution in [2.45, 2.75) is 24.3 Å². The van der Waals surface area contributed by atoms with E-state index in [-0.39, 0.29) is 11.8 Å². The lowest BCUT2D eigenvalue weighted by molar-refractivity contribution is -0.120. The first-order chi connectivity index (χ1) is 15.2. The molecule has 0 aliphatic carbocycles. The fourth-order valence-corrected chi connectivity index (χ4v) is 5.00. The molecule has 1 saturated heterocycles. The maximum absolute atomic E-state index is 12.9. The molecule has 5 rings (SSSR count). The first-order valence-electron chi connectivity index (χ1n) is 10.3. The van der Waals surface area contributed by atoms with Crippen molar-refractivity contribution in [2.75, 3.05) is 30.4 Å². The van der Waals surface area contributed by atoms with Crippen LogP contribution in [0, 0.1) is 5.92 Å². The van der Waals surface area contributed by atoms with E-state index in [4.69, 9.17) is 9.26 Å². The predicted octanol–water partition coefficient (Wildman–Crippen LogP) is 3.74. The number of methoxy groups -OCH3 is 1. The molecule has 1 N–H and O–H groups in total. The van der Waals surface area contributed by atoms with Gasteiger partial charge in [0.05, 0.1) is 30.0 Å². The van der Waals surface area contributed by atoms with Crippen molar-refractivity contribution in [3.63, 3.8) is 0 Å². The second-order valence-corrected chi connectivity index (χ2v) is 8.70. The highest BCUT2D eigenvalue weighted by molar-refractivity contribution is 7.98. The van der Waals surface area contributed by atoms with Gasteiger partial charge < -0.3 is 14.2 Å². The molecule has 8 nitrogen and oxygen atoms in total. The predicted molar refractivity (Wildman–Crippen MR) is 119 cm³/mol. The Bertz CT molecular complexity index is 1070. The third kappa shape index (κ3) is 4.10. The summed E-state index contributed by atoms with van der Waals surface area (Å²) in [5.74, 6) is 3.62. The van der Waals surface area contributed by atoms with Crippen LogP contribution < -0.4 is 15.0 Å². The zero-order valence-electron chi connectivity index (χ0n) is 17.2. The first kappa shape index (κ1) is 19.9. The van der Waals surface area contributed by atoms with E-state index in [1.54, 1.807) is 18.9 Å². The number of fused-ring (bicyclic) bond motifs is 1. The van der Waals surface area contributed by atoms with E-state index >= 15 is 0 Å². The molecule has 1 atom stereocenters. The summed E-state index contributed by atoms with van der Waals surface area (Å²) in [7, 11) is 1.65. The van der Waals surface area contributed by atoms with Gasteiger partial charge in [0.25, 0.3) is 0 Å². The maximum Gasteiger partial charge on any atom is 0.235 e. The Morgan fingerprint density at radius 2 is 2.06 bits per heavy atom. The van der Waals surface area contributed by atoms with Crippen LogP contribution in [-0.2, 0) is 16.3 Å². The third-order valence-electron chi connectivity index (χ3n) is 5.74. The molecule has 0 radical (unpaired) electrons. The van der Waals surface area contributed by atoms with E-state index in [1.807, 2.05) is 36.4 Å². The summed E-state index contributed by atoms with van der Waals surface area (Å²) in [6.07, 6.45) is 1.76. The second-order valence-electron chi connectivity index (χ2n) is 7.71. The summed E-state index contributed by atoms with van der Waals surface area (Å²) in [5, 5.41) is 15.8. The highest BCUT2D eigenvalue weighted by atomic mass is 32.2. The number of benzene rings is 1. The Balaban J connectivity index is 1.24. The van der Waals surface area contributed by atoms with Crippen LogP contribution in [0.15, 0.2) is 40.9 Å². The van der Waals surface area contributed by atoms with E-state index in [0.29, 0.717) is 12.4 Å². The van der Waals surface area contributed by atoms with Crippen LogP contribution in [0.1, 0.15) is 24.1 Å². The van der Waals surface area contributed by atoms with Crippen molar-refractivity contribution < 1.29 is 14.1 Å². The molecule has 1 amide bonds. The minimum atomic E-state index is -0.133. The van der Waals surface area contributed by atoms with E-state index in [1.165, 1.54) is 0 Å². The average molecular weight is 438 g/mol. The summed E-state index contributed by atoms with van der Waals surface area (Å²) in [6.45, 7) is 1.46. The van der Waals surface area contributed by atoms with Crippen LogP contribution in [0.2, 0.25) is 0 Å². The number of anilines is 2. The quantitative estimate of drug-likeness (QED) is 0.645. The van der Waals surface area contributed by atoms with Gasteiger partial charge in [0.2, 0.25) is 11.8 Å². The molecule has 4 heterocycles. The molecule has 3 aromatic rings. The van der Waals surface area contributed by atoms with Crippen LogP contribution in [-0.4, -0.2) is 41.5 Å². The standard InChI is InChI=1S/C22H23N5O3S/c1-29-16-6-4-14(5-7-16)18-8-9-20(25-24-18)27-10-2-3-15(11-27)21(28)23-22-17-12-31-13-19(17)26-30-22/h4-9,15H,2-3,10-13H2,1H3,(H,23,28). The second kappa shape index (κ2) is 8.58. The van der Waals surface area contributed by atoms with Gasteiger partial charge in [-0.2, -0.15) is 11.8 Å². The number of nitrogens with one attached hydrogen (secondary N) is 1.